The second kappa shape index (κ2) is 7.59. The monoisotopic (exact) mass is 343 g/mol. The average molecular weight is 344 g/mol. The third kappa shape index (κ3) is 4.66. The first-order chi connectivity index (χ1) is 11.3. The Morgan fingerprint density at radius 2 is 1.62 bits per heavy atom. The molecule has 0 heterocycles. The summed E-state index contributed by atoms with van der Waals surface area (Å²) in [5.41, 5.74) is 2.81. The molecule has 0 fully saturated rings. The van der Waals surface area contributed by atoms with Crippen molar-refractivity contribution in [1.82, 2.24) is 0 Å². The van der Waals surface area contributed by atoms with Crippen molar-refractivity contribution < 1.29 is 9.47 Å². The molecule has 0 aliphatic heterocycles. The van der Waals surface area contributed by atoms with Crippen LogP contribution in [0.1, 0.15) is 37.5 Å². The third-order valence-electron chi connectivity index (χ3n) is 3.60. The van der Waals surface area contributed by atoms with E-state index in [-0.39, 0.29) is 5.41 Å². The first kappa shape index (κ1) is 18.2. The lowest BCUT2D eigenvalue weighted by atomic mass is 9.85. The lowest BCUT2D eigenvalue weighted by molar-refractivity contribution is 0.214. The van der Waals surface area contributed by atoms with Crippen LogP contribution in [0.25, 0.3) is 0 Å². The zero-order valence-corrected chi connectivity index (χ0v) is 15.3. The predicted octanol–water partition coefficient (Wildman–Crippen LogP) is 5.28. The molecule has 2 rings (SSSR count). The first-order valence-corrected chi connectivity index (χ1v) is 8.25. The van der Waals surface area contributed by atoms with Crippen molar-refractivity contribution in [2.75, 3.05) is 13.2 Å². The second-order valence-corrected chi connectivity index (χ2v) is 7.14. The zero-order valence-electron chi connectivity index (χ0n) is 14.5. The van der Waals surface area contributed by atoms with Crippen molar-refractivity contribution in [3.63, 3.8) is 0 Å². The van der Waals surface area contributed by atoms with Crippen LogP contribution in [0.2, 0.25) is 5.02 Å². The fraction of sp³-hybridized carbons (Fsp3) is 0.350. The summed E-state index contributed by atoms with van der Waals surface area (Å²) in [5, 5.41) is 9.63. The van der Waals surface area contributed by atoms with Crippen LogP contribution in [-0.2, 0) is 5.41 Å². The summed E-state index contributed by atoms with van der Waals surface area (Å²) < 4.78 is 11.6. The maximum atomic E-state index is 9.11. The van der Waals surface area contributed by atoms with E-state index < -0.39 is 0 Å². The van der Waals surface area contributed by atoms with Crippen molar-refractivity contribution >= 4 is 11.6 Å². The van der Waals surface area contributed by atoms with E-state index in [9.17, 15) is 0 Å². The van der Waals surface area contributed by atoms with Crippen molar-refractivity contribution in [1.29, 1.82) is 5.26 Å². The summed E-state index contributed by atoms with van der Waals surface area (Å²) in [5.74, 6) is 1.39. The van der Waals surface area contributed by atoms with Crippen molar-refractivity contribution in [2.45, 2.75) is 33.1 Å². The van der Waals surface area contributed by atoms with Gasteiger partial charge in [0.25, 0.3) is 0 Å². The van der Waals surface area contributed by atoms with Gasteiger partial charge < -0.3 is 9.47 Å². The number of rotatable bonds is 5. The molecule has 0 aromatic heterocycles. The minimum Gasteiger partial charge on any atom is -0.490 e. The topological polar surface area (TPSA) is 42.2 Å². The molecule has 2 aromatic rings. The van der Waals surface area contributed by atoms with Gasteiger partial charge in [0, 0.05) is 5.02 Å². The van der Waals surface area contributed by atoms with Gasteiger partial charge in [0.15, 0.2) is 0 Å². The maximum Gasteiger partial charge on any atom is 0.137 e. The number of ether oxygens (including phenoxy) is 2. The van der Waals surface area contributed by atoms with Gasteiger partial charge >= 0.3 is 0 Å². The Hall–Kier alpha value is -2.18. The van der Waals surface area contributed by atoms with Crippen LogP contribution in [0.3, 0.4) is 0 Å². The normalized spacial score (nSPS) is 11.0. The molecule has 0 aliphatic rings. The highest BCUT2D eigenvalue weighted by molar-refractivity contribution is 6.30. The van der Waals surface area contributed by atoms with Crippen LogP contribution >= 0.6 is 11.6 Å². The number of hydrogen-bond donors (Lipinski definition) is 0. The Morgan fingerprint density at radius 3 is 2.25 bits per heavy atom. The van der Waals surface area contributed by atoms with Gasteiger partial charge in [-0.3, -0.25) is 0 Å². The van der Waals surface area contributed by atoms with Crippen LogP contribution in [-0.4, -0.2) is 13.2 Å². The molecule has 0 radical (unpaired) electrons. The van der Waals surface area contributed by atoms with E-state index >= 15 is 0 Å². The molecule has 0 atom stereocenters. The maximum absolute atomic E-state index is 9.11. The molecule has 2 aromatic carbocycles. The van der Waals surface area contributed by atoms with Gasteiger partial charge in [-0.2, -0.15) is 5.26 Å². The molecule has 0 saturated carbocycles. The van der Waals surface area contributed by atoms with Crippen LogP contribution in [0.15, 0.2) is 36.4 Å². The van der Waals surface area contributed by atoms with Gasteiger partial charge in [-0.1, -0.05) is 50.1 Å². The summed E-state index contributed by atoms with van der Waals surface area (Å²) in [4.78, 5) is 0. The van der Waals surface area contributed by atoms with E-state index in [2.05, 4.69) is 39.8 Å². The van der Waals surface area contributed by atoms with Gasteiger partial charge in [0.2, 0.25) is 0 Å². The molecule has 0 saturated heterocycles. The molecule has 4 heteroatoms. The third-order valence-corrected chi connectivity index (χ3v) is 3.84. The molecule has 0 N–H and O–H groups in total. The highest BCUT2D eigenvalue weighted by Gasteiger charge is 2.19. The number of nitriles is 1. The minimum atomic E-state index is 0.00632. The van der Waals surface area contributed by atoms with Crippen molar-refractivity contribution in [3.8, 4) is 17.6 Å². The fourth-order valence-electron chi connectivity index (χ4n) is 2.37. The molecule has 0 bridgehead atoms. The number of hydrogen-bond acceptors (Lipinski definition) is 3. The van der Waals surface area contributed by atoms with Gasteiger partial charge in [-0.25, -0.2) is 0 Å². The average Bonchev–Trinajstić information content (AvgIpc) is 2.52. The predicted molar refractivity (Wildman–Crippen MR) is 97.0 cm³/mol. The molecule has 0 spiro atoms. The number of halogens is 1. The summed E-state index contributed by atoms with van der Waals surface area (Å²) >= 11 is 5.88. The van der Waals surface area contributed by atoms with Crippen LogP contribution in [0, 0.1) is 18.3 Å². The minimum absolute atomic E-state index is 0.00632. The number of nitrogens with zero attached hydrogens (tertiary/aromatic N) is 1. The van der Waals surface area contributed by atoms with E-state index in [0.717, 1.165) is 5.75 Å². The Bertz CT molecular complexity index is 757. The first-order valence-electron chi connectivity index (χ1n) is 7.87. The van der Waals surface area contributed by atoms with Gasteiger partial charge in [-0.15, -0.1) is 0 Å². The largest absolute Gasteiger partial charge is 0.490 e. The van der Waals surface area contributed by atoms with E-state index in [0.29, 0.717) is 29.5 Å². The lowest BCUT2D eigenvalue weighted by Crippen LogP contribution is -2.16. The highest BCUT2D eigenvalue weighted by atomic mass is 35.5. The summed E-state index contributed by atoms with van der Waals surface area (Å²) in [6.45, 7) is 9.33. The summed E-state index contributed by atoms with van der Waals surface area (Å²) in [7, 11) is 0. The van der Waals surface area contributed by atoms with E-state index in [1.807, 2.05) is 12.1 Å². The highest BCUT2D eigenvalue weighted by Crippen LogP contribution is 2.32. The SMILES string of the molecule is Cc1ccc(OCCOc2ccc(Cl)cc2C#N)c(C(C)(C)C)c1. The Labute approximate surface area is 148 Å². The van der Waals surface area contributed by atoms with E-state index in [4.69, 9.17) is 26.3 Å². The van der Waals surface area contributed by atoms with E-state index in [1.165, 1.54) is 11.1 Å². The van der Waals surface area contributed by atoms with E-state index in [1.54, 1.807) is 18.2 Å². The summed E-state index contributed by atoms with van der Waals surface area (Å²) in [6.07, 6.45) is 0. The molecule has 0 amide bonds. The van der Waals surface area contributed by atoms with Crippen LogP contribution in [0.4, 0.5) is 0 Å². The van der Waals surface area contributed by atoms with Crippen LogP contribution in [0.5, 0.6) is 11.5 Å². The molecular formula is C20H22ClNO2. The lowest BCUT2D eigenvalue weighted by Gasteiger charge is -2.23. The number of benzene rings is 2. The number of aryl methyl sites for hydroxylation is 1. The Kier molecular flexibility index (Phi) is 5.75. The molecule has 3 nitrogen and oxygen atoms in total. The molecule has 0 aliphatic carbocycles. The Balaban J connectivity index is 2.00. The smallest absolute Gasteiger partial charge is 0.137 e. The zero-order chi connectivity index (χ0) is 17.7. The second-order valence-electron chi connectivity index (χ2n) is 6.70. The quantitative estimate of drug-likeness (QED) is 0.694. The van der Waals surface area contributed by atoms with Gasteiger partial charge in [0.1, 0.15) is 30.8 Å². The summed E-state index contributed by atoms with van der Waals surface area (Å²) in [6, 6.07) is 13.3. The fourth-order valence-corrected chi connectivity index (χ4v) is 2.55. The molecule has 24 heavy (non-hydrogen) atoms. The standard InChI is InChI=1S/C20H22ClNO2/c1-14-5-7-19(17(11-14)20(2,3)4)24-10-9-23-18-8-6-16(21)12-15(18)13-22/h5-8,11-12H,9-10H2,1-4H3. The van der Waals surface area contributed by atoms with Gasteiger partial charge in [0.05, 0.1) is 5.56 Å². The molecule has 0 unspecified atom stereocenters. The Morgan fingerprint density at radius 1 is 1.00 bits per heavy atom. The van der Waals surface area contributed by atoms with Gasteiger partial charge in [-0.05, 0) is 42.2 Å². The van der Waals surface area contributed by atoms with Crippen LogP contribution < -0.4 is 9.47 Å². The van der Waals surface area contributed by atoms with Crippen molar-refractivity contribution in [2.24, 2.45) is 0 Å². The van der Waals surface area contributed by atoms with Crippen molar-refractivity contribution in [3.05, 3.63) is 58.1 Å². The molecule has 126 valence electrons. The molecular weight excluding hydrogens is 322 g/mol.